The number of hydrogen-bond donors (Lipinski definition) is 1. The molecule has 28 heavy (non-hydrogen) atoms. The van der Waals surface area contributed by atoms with Crippen LogP contribution in [-0.4, -0.2) is 54.1 Å². The summed E-state index contributed by atoms with van der Waals surface area (Å²) in [4.78, 5) is 15.9. The number of hydrogen-bond acceptors (Lipinski definition) is 7. The molecular formula is C18H19N5O4S. The third-order valence-electron chi connectivity index (χ3n) is 5.58. The Labute approximate surface area is 161 Å². The van der Waals surface area contributed by atoms with E-state index in [9.17, 15) is 13.2 Å². The Kier molecular flexibility index (Phi) is 3.81. The molecule has 1 N–H and O–H groups in total. The summed E-state index contributed by atoms with van der Waals surface area (Å²) in [6.07, 6.45) is 3.13. The first kappa shape index (κ1) is 17.4. The van der Waals surface area contributed by atoms with Crippen molar-refractivity contribution in [3.05, 3.63) is 46.1 Å². The van der Waals surface area contributed by atoms with Crippen molar-refractivity contribution in [3.8, 4) is 0 Å². The molecule has 0 atom stereocenters. The lowest BCUT2D eigenvalue weighted by Gasteiger charge is -2.43. The summed E-state index contributed by atoms with van der Waals surface area (Å²) in [5.41, 5.74) is 3.02. The van der Waals surface area contributed by atoms with Crippen LogP contribution < -0.4 is 10.7 Å². The molecule has 1 aromatic carbocycles. The molecule has 0 amide bonds. The quantitative estimate of drug-likeness (QED) is 0.691. The summed E-state index contributed by atoms with van der Waals surface area (Å²) in [5.74, 6) is 0.196. The lowest BCUT2D eigenvalue weighted by atomic mass is 10.1. The molecular weight excluding hydrogens is 382 g/mol. The predicted octanol–water partition coefficient (Wildman–Crippen LogP) is 0.909. The molecule has 0 unspecified atom stereocenters. The number of aromatic nitrogens is 3. The highest BCUT2D eigenvalue weighted by Crippen LogP contribution is 2.29. The van der Waals surface area contributed by atoms with Gasteiger partial charge in [-0.25, -0.2) is 13.2 Å². The average Bonchev–Trinajstić information content (AvgIpc) is 3.24. The number of aromatic amines is 1. The number of oxazole rings is 1. The maximum Gasteiger partial charge on any atom is 0.417 e. The highest BCUT2D eigenvalue weighted by molar-refractivity contribution is 7.89. The lowest BCUT2D eigenvalue weighted by molar-refractivity contribution is 0.309. The molecule has 3 heterocycles. The fraction of sp³-hybridized carbons (Fsp3) is 0.389. The molecule has 0 bridgehead atoms. The minimum Gasteiger partial charge on any atom is -0.408 e. The fourth-order valence-electron chi connectivity index (χ4n) is 3.79. The van der Waals surface area contributed by atoms with Crippen LogP contribution in [0.3, 0.4) is 0 Å². The number of aryl methyl sites for hydroxylation is 2. The van der Waals surface area contributed by atoms with Crippen molar-refractivity contribution in [2.45, 2.75) is 30.2 Å². The number of sulfonamides is 1. The van der Waals surface area contributed by atoms with Gasteiger partial charge in [-0.1, -0.05) is 0 Å². The van der Waals surface area contributed by atoms with Gasteiger partial charge in [0, 0.05) is 26.2 Å². The van der Waals surface area contributed by atoms with Crippen molar-refractivity contribution in [3.63, 3.8) is 0 Å². The Hall–Kier alpha value is -2.72. The highest BCUT2D eigenvalue weighted by atomic mass is 32.2. The average molecular weight is 401 g/mol. The second-order valence-electron chi connectivity index (χ2n) is 7.28. The highest BCUT2D eigenvalue weighted by Gasteiger charge is 2.37. The number of fused-ring (bicyclic) bond motifs is 2. The molecule has 3 aromatic rings. The van der Waals surface area contributed by atoms with Crippen molar-refractivity contribution in [1.29, 1.82) is 0 Å². The minimum atomic E-state index is -3.70. The van der Waals surface area contributed by atoms with Gasteiger partial charge in [0.25, 0.3) is 0 Å². The largest absolute Gasteiger partial charge is 0.417 e. The SMILES string of the molecule is CN(C1CN(c2cc3c(nn2)CCC3)C1)S(=O)(=O)c1ccc2[nH]c(=O)oc2c1. The lowest BCUT2D eigenvalue weighted by Crippen LogP contribution is -2.60. The molecule has 1 fully saturated rings. The van der Waals surface area contributed by atoms with Gasteiger partial charge in [0.1, 0.15) is 0 Å². The molecule has 0 spiro atoms. The number of likely N-dealkylation sites (N-methyl/N-ethyl adjacent to an activating group) is 1. The van der Waals surface area contributed by atoms with Crippen LogP contribution in [0, 0.1) is 0 Å². The van der Waals surface area contributed by atoms with Crippen molar-refractivity contribution in [2.75, 3.05) is 25.0 Å². The van der Waals surface area contributed by atoms with E-state index in [1.54, 1.807) is 7.05 Å². The maximum absolute atomic E-state index is 13.0. The van der Waals surface area contributed by atoms with Gasteiger partial charge in [-0.05, 0) is 43.0 Å². The zero-order valence-electron chi connectivity index (χ0n) is 15.3. The number of H-pyrrole nitrogens is 1. The van der Waals surface area contributed by atoms with Crippen LogP contribution in [0.5, 0.6) is 0 Å². The third-order valence-corrected chi connectivity index (χ3v) is 7.48. The Balaban J connectivity index is 1.33. The Morgan fingerprint density at radius 3 is 2.86 bits per heavy atom. The van der Waals surface area contributed by atoms with E-state index in [0.717, 1.165) is 30.8 Å². The van der Waals surface area contributed by atoms with Crippen LogP contribution in [0.25, 0.3) is 11.1 Å². The van der Waals surface area contributed by atoms with Gasteiger partial charge in [-0.15, -0.1) is 5.10 Å². The Morgan fingerprint density at radius 2 is 2.04 bits per heavy atom. The molecule has 0 saturated carbocycles. The molecule has 5 rings (SSSR count). The molecule has 1 aliphatic heterocycles. The summed E-state index contributed by atoms with van der Waals surface area (Å²) in [6.45, 7) is 1.12. The van der Waals surface area contributed by atoms with E-state index >= 15 is 0 Å². The van der Waals surface area contributed by atoms with E-state index in [4.69, 9.17) is 4.42 Å². The third kappa shape index (κ3) is 2.71. The van der Waals surface area contributed by atoms with Gasteiger partial charge >= 0.3 is 5.76 Å². The van der Waals surface area contributed by atoms with Crippen LogP contribution in [0.15, 0.2) is 38.4 Å². The summed E-state index contributed by atoms with van der Waals surface area (Å²) < 4.78 is 32.3. The number of benzene rings is 1. The second kappa shape index (κ2) is 6.14. The summed E-state index contributed by atoms with van der Waals surface area (Å²) in [5, 5.41) is 8.58. The fourth-order valence-corrected chi connectivity index (χ4v) is 5.15. The van der Waals surface area contributed by atoms with Crippen molar-refractivity contribution < 1.29 is 12.8 Å². The molecule has 0 radical (unpaired) electrons. The van der Waals surface area contributed by atoms with Crippen molar-refractivity contribution in [1.82, 2.24) is 19.5 Å². The van der Waals surface area contributed by atoms with Gasteiger partial charge in [-0.2, -0.15) is 9.40 Å². The predicted molar refractivity (Wildman–Crippen MR) is 102 cm³/mol. The van der Waals surface area contributed by atoms with E-state index in [2.05, 4.69) is 21.2 Å². The van der Waals surface area contributed by atoms with Gasteiger partial charge in [0.15, 0.2) is 11.4 Å². The van der Waals surface area contributed by atoms with Crippen LogP contribution in [0.1, 0.15) is 17.7 Å². The van der Waals surface area contributed by atoms with Gasteiger partial charge in [-0.3, -0.25) is 4.98 Å². The van der Waals surface area contributed by atoms with Crippen molar-refractivity contribution >= 4 is 26.9 Å². The first-order valence-corrected chi connectivity index (χ1v) is 10.6. The van der Waals surface area contributed by atoms with Crippen LogP contribution >= 0.6 is 0 Å². The van der Waals surface area contributed by atoms with Crippen LogP contribution in [-0.2, 0) is 22.9 Å². The first-order valence-electron chi connectivity index (χ1n) is 9.13. The number of nitrogens with one attached hydrogen (secondary N) is 1. The van der Waals surface area contributed by atoms with Crippen molar-refractivity contribution in [2.24, 2.45) is 0 Å². The zero-order chi connectivity index (χ0) is 19.5. The van der Waals surface area contributed by atoms with E-state index in [-0.39, 0.29) is 16.5 Å². The number of nitrogens with zero attached hydrogens (tertiary/aromatic N) is 4. The Bertz CT molecular complexity index is 1230. The molecule has 1 aliphatic carbocycles. The topological polar surface area (TPSA) is 112 Å². The van der Waals surface area contributed by atoms with E-state index < -0.39 is 15.8 Å². The standard InChI is InChI=1S/C18H19N5O4S/c1-22(28(25,26)13-5-6-15-16(8-13)27-18(24)19-15)12-9-23(10-12)17-7-11-3-2-4-14(11)20-21-17/h5-8,12H,2-4,9-10H2,1H3,(H,19,24). The van der Waals surface area contributed by atoms with Gasteiger partial charge < -0.3 is 9.32 Å². The maximum atomic E-state index is 13.0. The first-order chi connectivity index (χ1) is 13.4. The van der Waals surface area contributed by atoms with Crippen LogP contribution in [0.2, 0.25) is 0 Å². The van der Waals surface area contributed by atoms with E-state index in [1.807, 2.05) is 4.90 Å². The zero-order valence-corrected chi connectivity index (χ0v) is 16.1. The minimum absolute atomic E-state index is 0.0982. The molecule has 10 heteroatoms. The monoisotopic (exact) mass is 401 g/mol. The van der Waals surface area contributed by atoms with Gasteiger partial charge in [0.05, 0.1) is 22.1 Å². The summed E-state index contributed by atoms with van der Waals surface area (Å²) in [7, 11) is -2.13. The normalized spacial score (nSPS) is 17.3. The summed E-state index contributed by atoms with van der Waals surface area (Å²) in [6, 6.07) is 6.30. The van der Waals surface area contributed by atoms with E-state index in [1.165, 1.54) is 28.1 Å². The molecule has 9 nitrogen and oxygen atoms in total. The molecule has 2 aromatic heterocycles. The van der Waals surface area contributed by atoms with E-state index in [0.29, 0.717) is 18.6 Å². The smallest absolute Gasteiger partial charge is 0.408 e. The van der Waals surface area contributed by atoms with Gasteiger partial charge in [0.2, 0.25) is 10.0 Å². The number of anilines is 1. The molecule has 1 saturated heterocycles. The number of rotatable bonds is 4. The second-order valence-corrected chi connectivity index (χ2v) is 9.28. The van der Waals surface area contributed by atoms with Crippen LogP contribution in [0.4, 0.5) is 5.82 Å². The molecule has 146 valence electrons. The molecule has 2 aliphatic rings. The summed E-state index contributed by atoms with van der Waals surface area (Å²) >= 11 is 0. The Morgan fingerprint density at radius 1 is 1.21 bits per heavy atom.